The average Bonchev–Trinajstić information content (AvgIpc) is 2.55. The van der Waals surface area contributed by atoms with Crippen molar-refractivity contribution in [1.82, 2.24) is 0 Å². The van der Waals surface area contributed by atoms with Gasteiger partial charge in [0.1, 0.15) is 5.00 Å². The Kier molecular flexibility index (Phi) is 4.47. The van der Waals surface area contributed by atoms with E-state index in [9.17, 15) is 4.79 Å². The minimum Gasteiger partial charge on any atom is -0.396 e. The summed E-state index contributed by atoms with van der Waals surface area (Å²) in [5.41, 5.74) is 6.58. The van der Waals surface area contributed by atoms with Gasteiger partial charge in [-0.2, -0.15) is 0 Å². The van der Waals surface area contributed by atoms with Crippen LogP contribution in [0.5, 0.6) is 0 Å². The van der Waals surface area contributed by atoms with Gasteiger partial charge in [-0.05, 0) is 13.2 Å². The summed E-state index contributed by atoms with van der Waals surface area (Å²) < 4.78 is 0. The topological polar surface area (TPSA) is 55.1 Å². The highest BCUT2D eigenvalue weighted by molar-refractivity contribution is 7.99. The summed E-state index contributed by atoms with van der Waals surface area (Å²) >= 11 is 3.04. The third kappa shape index (κ3) is 2.46. The van der Waals surface area contributed by atoms with E-state index in [4.69, 9.17) is 5.73 Å². The number of carbonyl (C=O) groups is 1. The van der Waals surface area contributed by atoms with Crippen LogP contribution in [0, 0.1) is 0 Å². The second-order valence-electron chi connectivity index (χ2n) is 3.01. The smallest absolute Gasteiger partial charge is 0.174 e. The van der Waals surface area contributed by atoms with Crippen LogP contribution in [0.1, 0.15) is 29.9 Å². The number of nitrogens with two attached hydrogens (primary N) is 1. The Balaban J connectivity index is 3.14. The predicted octanol–water partition coefficient (Wildman–Crippen LogP) is 3.08. The highest BCUT2D eigenvalue weighted by atomic mass is 32.2. The number of carbonyl (C=O) groups excluding carboxylic acids is 1. The van der Waals surface area contributed by atoms with Crippen molar-refractivity contribution in [2.24, 2.45) is 0 Å². The molecule has 0 aromatic carbocycles. The monoisotopic (exact) mass is 244 g/mol. The zero-order valence-corrected chi connectivity index (χ0v) is 10.8. The molecule has 1 rings (SSSR count). The Morgan fingerprint density at radius 3 is 2.67 bits per heavy atom. The number of rotatable bonds is 5. The highest BCUT2D eigenvalue weighted by Crippen LogP contribution is 2.41. The van der Waals surface area contributed by atoms with Gasteiger partial charge < -0.3 is 11.1 Å². The first-order chi connectivity index (χ1) is 7.15. The summed E-state index contributed by atoms with van der Waals surface area (Å²) in [6.45, 7) is 4.72. The second kappa shape index (κ2) is 5.42. The molecule has 3 N–H and O–H groups in total. The zero-order valence-electron chi connectivity index (χ0n) is 9.22. The van der Waals surface area contributed by atoms with E-state index in [2.05, 4.69) is 5.32 Å². The molecule has 0 aliphatic heterocycles. The molecule has 15 heavy (non-hydrogen) atoms. The number of ketones is 1. The fourth-order valence-corrected chi connectivity index (χ4v) is 3.39. The van der Waals surface area contributed by atoms with E-state index in [1.807, 2.05) is 20.1 Å². The van der Waals surface area contributed by atoms with Crippen molar-refractivity contribution in [3.8, 4) is 0 Å². The maximum Gasteiger partial charge on any atom is 0.174 e. The van der Waals surface area contributed by atoms with Gasteiger partial charge in [-0.15, -0.1) is 23.1 Å². The van der Waals surface area contributed by atoms with Crippen LogP contribution >= 0.6 is 23.1 Å². The first kappa shape index (κ1) is 12.4. The molecular weight excluding hydrogens is 228 g/mol. The molecule has 0 spiro atoms. The van der Waals surface area contributed by atoms with Crippen LogP contribution in [0.4, 0.5) is 10.7 Å². The van der Waals surface area contributed by atoms with Gasteiger partial charge in [0.15, 0.2) is 5.78 Å². The van der Waals surface area contributed by atoms with E-state index in [1.165, 1.54) is 11.3 Å². The van der Waals surface area contributed by atoms with Gasteiger partial charge in [0, 0.05) is 13.0 Å². The van der Waals surface area contributed by atoms with Crippen LogP contribution in [0.25, 0.3) is 0 Å². The quantitative estimate of drug-likeness (QED) is 0.617. The van der Waals surface area contributed by atoms with Gasteiger partial charge in [0.2, 0.25) is 0 Å². The number of nitrogen functional groups attached to an aromatic ring is 1. The zero-order chi connectivity index (χ0) is 11.4. The third-order valence-electron chi connectivity index (χ3n) is 2.02. The number of nitrogens with one attached hydrogen (secondary N) is 1. The van der Waals surface area contributed by atoms with Crippen LogP contribution in [0.3, 0.4) is 0 Å². The molecule has 0 saturated heterocycles. The van der Waals surface area contributed by atoms with E-state index in [0.29, 0.717) is 17.0 Å². The fraction of sp³-hybridized carbons (Fsp3) is 0.500. The predicted molar refractivity (Wildman–Crippen MR) is 69.3 cm³/mol. The lowest BCUT2D eigenvalue weighted by Crippen LogP contribution is -1.98. The molecule has 1 aromatic heterocycles. The molecule has 0 radical (unpaired) electrons. The third-order valence-corrected chi connectivity index (χ3v) is 4.18. The maximum absolute atomic E-state index is 11.6. The van der Waals surface area contributed by atoms with E-state index >= 15 is 0 Å². The van der Waals surface area contributed by atoms with Crippen molar-refractivity contribution in [2.45, 2.75) is 25.2 Å². The minimum absolute atomic E-state index is 0.122. The van der Waals surface area contributed by atoms with Gasteiger partial charge in [0.25, 0.3) is 0 Å². The normalized spacial score (nSPS) is 10.3. The molecule has 1 aromatic rings. The first-order valence-electron chi connectivity index (χ1n) is 4.88. The largest absolute Gasteiger partial charge is 0.396 e. The van der Waals surface area contributed by atoms with Gasteiger partial charge in [0.05, 0.1) is 15.5 Å². The summed E-state index contributed by atoms with van der Waals surface area (Å²) in [5.74, 6) is 0.122. The average molecular weight is 244 g/mol. The van der Waals surface area contributed by atoms with Gasteiger partial charge in [-0.3, -0.25) is 4.79 Å². The molecule has 0 saturated carbocycles. The highest BCUT2D eigenvalue weighted by Gasteiger charge is 2.18. The van der Waals surface area contributed by atoms with Crippen LogP contribution in [-0.2, 0) is 0 Å². The van der Waals surface area contributed by atoms with E-state index < -0.39 is 0 Å². The number of anilines is 2. The van der Waals surface area contributed by atoms with Crippen LogP contribution < -0.4 is 11.1 Å². The molecule has 3 nitrogen and oxygen atoms in total. The Morgan fingerprint density at radius 1 is 1.53 bits per heavy atom. The van der Waals surface area contributed by atoms with E-state index in [-0.39, 0.29) is 5.78 Å². The Morgan fingerprint density at radius 2 is 2.20 bits per heavy atom. The van der Waals surface area contributed by atoms with Crippen LogP contribution in [0.2, 0.25) is 0 Å². The maximum atomic E-state index is 11.6. The number of hydrogen-bond acceptors (Lipinski definition) is 5. The molecule has 0 aliphatic rings. The molecular formula is C10H16N2OS2. The number of hydrogen-bond donors (Lipinski definition) is 2. The molecule has 0 bridgehead atoms. The molecule has 0 amide bonds. The lowest BCUT2D eigenvalue weighted by molar-refractivity contribution is 0.0992. The molecule has 0 fully saturated rings. The van der Waals surface area contributed by atoms with E-state index in [0.717, 1.165) is 16.4 Å². The Labute approximate surface area is 98.4 Å². The molecule has 0 aliphatic carbocycles. The van der Waals surface area contributed by atoms with Crippen molar-refractivity contribution < 1.29 is 4.79 Å². The molecule has 84 valence electrons. The summed E-state index contributed by atoms with van der Waals surface area (Å²) in [6.07, 6.45) is 2.48. The number of thiophene rings is 1. The number of Topliss-reactive ketones (excluding diaryl/α,β-unsaturated/α-hetero) is 1. The minimum atomic E-state index is 0.122. The van der Waals surface area contributed by atoms with Gasteiger partial charge in [-0.25, -0.2) is 0 Å². The Hall–Kier alpha value is -0.680. The summed E-state index contributed by atoms with van der Waals surface area (Å²) in [5, 5.41) is 4.25. The summed E-state index contributed by atoms with van der Waals surface area (Å²) in [4.78, 5) is 13.3. The number of thioether (sulfide) groups is 1. The molecule has 0 atom stereocenters. The van der Waals surface area contributed by atoms with E-state index in [1.54, 1.807) is 11.8 Å². The standard InChI is InChI=1S/C10H16N2OS2/c1-4-6(13)8-7(11)9(14-3)10(15-8)12-5-2/h12H,4-5,11H2,1-3H3. The first-order valence-corrected chi connectivity index (χ1v) is 6.93. The fourth-order valence-electron chi connectivity index (χ4n) is 1.28. The lowest BCUT2D eigenvalue weighted by Gasteiger charge is -2.01. The second-order valence-corrected chi connectivity index (χ2v) is 4.85. The van der Waals surface area contributed by atoms with Crippen molar-refractivity contribution >= 4 is 39.6 Å². The van der Waals surface area contributed by atoms with Gasteiger partial charge in [-0.1, -0.05) is 6.92 Å². The summed E-state index contributed by atoms with van der Waals surface area (Å²) in [6, 6.07) is 0. The van der Waals surface area contributed by atoms with Crippen molar-refractivity contribution in [3.05, 3.63) is 4.88 Å². The van der Waals surface area contributed by atoms with Crippen molar-refractivity contribution in [1.29, 1.82) is 0 Å². The molecule has 5 heteroatoms. The van der Waals surface area contributed by atoms with Crippen molar-refractivity contribution in [2.75, 3.05) is 23.9 Å². The molecule has 1 heterocycles. The SMILES string of the molecule is CCNc1sc(C(=O)CC)c(N)c1SC. The lowest BCUT2D eigenvalue weighted by atomic mass is 10.2. The van der Waals surface area contributed by atoms with Crippen LogP contribution in [-0.4, -0.2) is 18.6 Å². The van der Waals surface area contributed by atoms with Crippen LogP contribution in [0.15, 0.2) is 4.90 Å². The van der Waals surface area contributed by atoms with Gasteiger partial charge >= 0.3 is 0 Å². The van der Waals surface area contributed by atoms with Crippen molar-refractivity contribution in [3.63, 3.8) is 0 Å². The Bertz CT molecular complexity index is 361. The summed E-state index contributed by atoms with van der Waals surface area (Å²) in [7, 11) is 0. The molecule has 0 unspecified atom stereocenters.